The molecule has 3 heteroatoms. The fourth-order valence-electron chi connectivity index (χ4n) is 2.36. The van der Waals surface area contributed by atoms with Crippen LogP contribution in [-0.4, -0.2) is 0 Å². The molecular formula is C18H21F2N. The summed E-state index contributed by atoms with van der Waals surface area (Å²) in [6.45, 7) is 4.08. The molecule has 112 valence electrons. The van der Waals surface area contributed by atoms with E-state index in [4.69, 9.17) is 0 Å². The third-order valence-corrected chi connectivity index (χ3v) is 3.65. The van der Waals surface area contributed by atoms with Crippen LogP contribution in [0.5, 0.6) is 0 Å². The summed E-state index contributed by atoms with van der Waals surface area (Å²) in [6, 6.07) is 11.3. The maximum atomic E-state index is 13.4. The number of anilines is 1. The first-order valence-corrected chi connectivity index (χ1v) is 7.38. The number of unbranched alkanes of at least 4 members (excludes halogenated alkanes) is 1. The van der Waals surface area contributed by atoms with Crippen molar-refractivity contribution in [2.45, 2.75) is 39.2 Å². The zero-order chi connectivity index (χ0) is 15.2. The van der Waals surface area contributed by atoms with Gasteiger partial charge >= 0.3 is 0 Å². The van der Waals surface area contributed by atoms with E-state index >= 15 is 0 Å². The molecule has 1 N–H and O–H groups in total. The van der Waals surface area contributed by atoms with E-state index in [-0.39, 0.29) is 17.7 Å². The Morgan fingerprint density at radius 1 is 1.00 bits per heavy atom. The van der Waals surface area contributed by atoms with Crippen LogP contribution in [0.2, 0.25) is 0 Å². The molecular weight excluding hydrogens is 268 g/mol. The Hall–Kier alpha value is -1.90. The van der Waals surface area contributed by atoms with Gasteiger partial charge in [-0.3, -0.25) is 0 Å². The van der Waals surface area contributed by atoms with Gasteiger partial charge in [0, 0.05) is 5.69 Å². The Bertz CT molecular complexity index is 578. The highest BCUT2D eigenvalue weighted by Gasteiger charge is 2.12. The smallest absolute Gasteiger partial charge is 0.125 e. The van der Waals surface area contributed by atoms with Gasteiger partial charge in [-0.1, -0.05) is 38.0 Å². The molecule has 0 amide bonds. The van der Waals surface area contributed by atoms with Gasteiger partial charge in [-0.2, -0.15) is 0 Å². The summed E-state index contributed by atoms with van der Waals surface area (Å²) < 4.78 is 26.5. The van der Waals surface area contributed by atoms with Crippen molar-refractivity contribution in [3.05, 3.63) is 65.2 Å². The summed E-state index contributed by atoms with van der Waals surface area (Å²) in [5, 5.41) is 3.40. The molecule has 1 atom stereocenters. The molecule has 0 aliphatic carbocycles. The number of aryl methyl sites for hydroxylation is 1. The molecule has 1 nitrogen and oxygen atoms in total. The maximum absolute atomic E-state index is 13.4. The van der Waals surface area contributed by atoms with Crippen LogP contribution in [0.25, 0.3) is 0 Å². The van der Waals surface area contributed by atoms with Gasteiger partial charge in [0.25, 0.3) is 0 Å². The van der Waals surface area contributed by atoms with Crippen LogP contribution in [-0.2, 0) is 0 Å². The molecule has 0 saturated carbocycles. The van der Waals surface area contributed by atoms with Gasteiger partial charge in [-0.05, 0) is 48.7 Å². The fourth-order valence-corrected chi connectivity index (χ4v) is 2.36. The summed E-state index contributed by atoms with van der Waals surface area (Å²) in [7, 11) is 0. The van der Waals surface area contributed by atoms with E-state index in [1.54, 1.807) is 18.2 Å². The Kier molecular flexibility index (Phi) is 5.32. The van der Waals surface area contributed by atoms with Crippen molar-refractivity contribution in [3.8, 4) is 0 Å². The Morgan fingerprint density at radius 2 is 1.67 bits per heavy atom. The van der Waals surface area contributed by atoms with Gasteiger partial charge in [0.05, 0.1) is 6.04 Å². The van der Waals surface area contributed by atoms with Crippen LogP contribution in [0.15, 0.2) is 42.5 Å². The molecule has 0 aromatic heterocycles. The highest BCUT2D eigenvalue weighted by molar-refractivity contribution is 5.52. The molecule has 0 aliphatic heterocycles. The summed E-state index contributed by atoms with van der Waals surface area (Å²) in [5.41, 5.74) is 2.81. The highest BCUT2D eigenvalue weighted by Crippen LogP contribution is 2.27. The van der Waals surface area contributed by atoms with Crippen molar-refractivity contribution >= 4 is 5.69 Å². The fraction of sp³-hybridized carbons (Fsp3) is 0.333. The van der Waals surface area contributed by atoms with Crippen molar-refractivity contribution in [1.29, 1.82) is 0 Å². The molecule has 0 spiro atoms. The number of rotatable bonds is 6. The number of hydrogen-bond acceptors (Lipinski definition) is 1. The first kappa shape index (κ1) is 15.5. The van der Waals surface area contributed by atoms with Gasteiger partial charge in [-0.25, -0.2) is 8.78 Å². The quantitative estimate of drug-likeness (QED) is 0.728. The first-order chi connectivity index (χ1) is 10.1. The second kappa shape index (κ2) is 7.21. The molecule has 0 heterocycles. The lowest BCUT2D eigenvalue weighted by Crippen LogP contribution is -2.12. The van der Waals surface area contributed by atoms with Crippen molar-refractivity contribution in [1.82, 2.24) is 0 Å². The molecule has 21 heavy (non-hydrogen) atoms. The Morgan fingerprint density at radius 3 is 2.33 bits per heavy atom. The maximum Gasteiger partial charge on any atom is 0.125 e. The molecule has 0 radical (unpaired) electrons. The Labute approximate surface area is 125 Å². The van der Waals surface area contributed by atoms with Crippen LogP contribution < -0.4 is 5.32 Å². The lowest BCUT2D eigenvalue weighted by molar-refractivity contribution is 0.613. The third-order valence-electron chi connectivity index (χ3n) is 3.65. The van der Waals surface area contributed by atoms with E-state index < -0.39 is 0 Å². The van der Waals surface area contributed by atoms with Crippen LogP contribution in [0.3, 0.4) is 0 Å². The van der Waals surface area contributed by atoms with Gasteiger partial charge < -0.3 is 5.32 Å². The number of hydrogen-bond donors (Lipinski definition) is 1. The molecule has 0 aliphatic rings. The molecule has 2 aromatic rings. The zero-order valence-electron chi connectivity index (χ0n) is 12.5. The summed E-state index contributed by atoms with van der Waals surface area (Å²) in [6.07, 6.45) is 3.07. The molecule has 2 aromatic carbocycles. The number of nitrogens with one attached hydrogen (secondary N) is 1. The average Bonchev–Trinajstić information content (AvgIpc) is 2.48. The standard InChI is InChI=1S/C18H21F2N/c1-3-4-5-17(14-7-10-15(19)11-8-14)21-18-12-16(20)9-6-13(18)2/h6-12,17,21H,3-5H2,1-2H3. The van der Waals surface area contributed by atoms with Crippen LogP contribution in [0, 0.1) is 18.6 Å². The van der Waals surface area contributed by atoms with Crippen LogP contribution in [0.1, 0.15) is 43.4 Å². The predicted octanol–water partition coefficient (Wildman–Crippen LogP) is 5.62. The third kappa shape index (κ3) is 4.28. The monoisotopic (exact) mass is 289 g/mol. The van der Waals surface area contributed by atoms with E-state index in [0.717, 1.165) is 36.1 Å². The molecule has 0 fully saturated rings. The molecule has 0 saturated heterocycles. The molecule has 2 rings (SSSR count). The van der Waals surface area contributed by atoms with Crippen LogP contribution in [0.4, 0.5) is 14.5 Å². The second-order valence-electron chi connectivity index (χ2n) is 5.35. The minimum absolute atomic E-state index is 0.0612. The lowest BCUT2D eigenvalue weighted by Gasteiger charge is -2.21. The van der Waals surface area contributed by atoms with E-state index in [1.165, 1.54) is 24.3 Å². The number of halogens is 2. The van der Waals surface area contributed by atoms with Crippen molar-refractivity contribution in [2.75, 3.05) is 5.32 Å². The first-order valence-electron chi connectivity index (χ1n) is 7.38. The summed E-state index contributed by atoms with van der Waals surface area (Å²) in [4.78, 5) is 0. The average molecular weight is 289 g/mol. The molecule has 0 bridgehead atoms. The number of benzene rings is 2. The largest absolute Gasteiger partial charge is 0.378 e. The van der Waals surface area contributed by atoms with Gasteiger partial charge in [0.15, 0.2) is 0 Å². The molecule has 1 unspecified atom stereocenters. The minimum atomic E-state index is -0.253. The van der Waals surface area contributed by atoms with Gasteiger partial charge in [-0.15, -0.1) is 0 Å². The summed E-state index contributed by atoms with van der Waals surface area (Å²) >= 11 is 0. The SMILES string of the molecule is CCCCC(Nc1cc(F)ccc1C)c1ccc(F)cc1. The van der Waals surface area contributed by atoms with E-state index in [0.29, 0.717) is 0 Å². The van der Waals surface area contributed by atoms with Gasteiger partial charge in [0.1, 0.15) is 11.6 Å². The van der Waals surface area contributed by atoms with Crippen molar-refractivity contribution < 1.29 is 8.78 Å². The van der Waals surface area contributed by atoms with Crippen molar-refractivity contribution in [2.24, 2.45) is 0 Å². The zero-order valence-corrected chi connectivity index (χ0v) is 12.5. The van der Waals surface area contributed by atoms with Crippen LogP contribution >= 0.6 is 0 Å². The van der Waals surface area contributed by atoms with E-state index in [2.05, 4.69) is 12.2 Å². The van der Waals surface area contributed by atoms with E-state index in [9.17, 15) is 8.78 Å². The summed E-state index contributed by atoms with van der Waals surface area (Å²) in [5.74, 6) is -0.494. The lowest BCUT2D eigenvalue weighted by atomic mass is 10.00. The topological polar surface area (TPSA) is 12.0 Å². The highest BCUT2D eigenvalue weighted by atomic mass is 19.1. The van der Waals surface area contributed by atoms with Crippen molar-refractivity contribution in [3.63, 3.8) is 0 Å². The Balaban J connectivity index is 2.23. The van der Waals surface area contributed by atoms with E-state index in [1.807, 2.05) is 6.92 Å². The van der Waals surface area contributed by atoms with Gasteiger partial charge in [0.2, 0.25) is 0 Å². The predicted molar refractivity (Wildman–Crippen MR) is 83.4 cm³/mol. The second-order valence-corrected chi connectivity index (χ2v) is 5.35. The normalized spacial score (nSPS) is 12.2. The minimum Gasteiger partial charge on any atom is -0.378 e.